The molecule has 7 heteroatoms. The number of alkyl halides is 1. The van der Waals surface area contributed by atoms with Gasteiger partial charge in [0.1, 0.15) is 0 Å². The minimum absolute atomic E-state index is 0.487. The van der Waals surface area contributed by atoms with Gasteiger partial charge in [-0.3, -0.25) is 14.9 Å². The summed E-state index contributed by atoms with van der Waals surface area (Å²) in [4.78, 5) is 20.3. The average molecular weight is 234 g/mol. The van der Waals surface area contributed by atoms with Crippen molar-refractivity contribution in [3.05, 3.63) is 33.6 Å². The largest absolute Gasteiger partial charge is 0.502 e. The third-order valence-electron chi connectivity index (χ3n) is 1.70. The number of Topliss-reactive ketones (excluding diaryl/α,β-unsaturated/α-hetero) is 1. The van der Waals surface area contributed by atoms with Crippen LogP contribution in [-0.4, -0.2) is 21.7 Å². The number of phenols is 1. The fourth-order valence-corrected chi connectivity index (χ4v) is 1.16. The topological polar surface area (TPSA) is 80.4 Å². The Bertz CT molecular complexity index is 435. The molecule has 0 bridgehead atoms. The van der Waals surface area contributed by atoms with Crippen LogP contribution in [0.2, 0.25) is 0 Å². The second kappa shape index (κ2) is 4.22. The van der Waals surface area contributed by atoms with Gasteiger partial charge in [0, 0.05) is 0 Å². The molecule has 1 rings (SSSR count). The van der Waals surface area contributed by atoms with Gasteiger partial charge in [0.05, 0.1) is 16.4 Å². The maximum atomic E-state index is 13.3. The zero-order valence-electron chi connectivity index (χ0n) is 7.24. The van der Waals surface area contributed by atoms with E-state index in [0.29, 0.717) is 0 Å². The van der Waals surface area contributed by atoms with E-state index in [0.717, 1.165) is 12.1 Å². The van der Waals surface area contributed by atoms with Crippen molar-refractivity contribution in [3.63, 3.8) is 0 Å². The maximum absolute atomic E-state index is 13.3. The highest BCUT2D eigenvalue weighted by atomic mass is 35.5. The lowest BCUT2D eigenvalue weighted by Crippen LogP contribution is -2.06. The Morgan fingerprint density at radius 2 is 2.20 bits per heavy atom. The lowest BCUT2D eigenvalue weighted by Gasteiger charge is -2.01. The van der Waals surface area contributed by atoms with Gasteiger partial charge in [-0.05, 0) is 12.1 Å². The third kappa shape index (κ3) is 2.04. The van der Waals surface area contributed by atoms with Gasteiger partial charge >= 0.3 is 5.69 Å². The van der Waals surface area contributed by atoms with Gasteiger partial charge in [0.25, 0.3) is 0 Å². The Labute approximate surface area is 88.2 Å². The SMILES string of the molecule is O=C(CCl)c1ccc(O)c([N+](=O)[O-])c1F. The van der Waals surface area contributed by atoms with Gasteiger partial charge in [-0.15, -0.1) is 11.6 Å². The molecule has 0 unspecified atom stereocenters. The van der Waals surface area contributed by atoms with E-state index >= 15 is 0 Å². The number of nitro groups is 1. The summed E-state index contributed by atoms with van der Waals surface area (Å²) in [6.07, 6.45) is 0. The van der Waals surface area contributed by atoms with Crippen molar-refractivity contribution < 1.29 is 19.2 Å². The molecule has 80 valence electrons. The fraction of sp³-hybridized carbons (Fsp3) is 0.125. The number of phenolic OH excluding ortho intramolecular Hbond substituents is 1. The first-order valence-corrected chi connectivity index (χ1v) is 4.27. The Hall–Kier alpha value is -1.69. The highest BCUT2D eigenvalue weighted by molar-refractivity contribution is 6.30. The summed E-state index contributed by atoms with van der Waals surface area (Å²) in [6, 6.07) is 1.82. The van der Waals surface area contributed by atoms with Crippen molar-refractivity contribution in [3.8, 4) is 5.75 Å². The first-order valence-electron chi connectivity index (χ1n) is 3.74. The van der Waals surface area contributed by atoms with E-state index in [2.05, 4.69) is 0 Å². The van der Waals surface area contributed by atoms with Crippen molar-refractivity contribution >= 4 is 23.1 Å². The van der Waals surface area contributed by atoms with Gasteiger partial charge in [-0.2, -0.15) is 4.39 Å². The quantitative estimate of drug-likeness (QED) is 0.374. The molecule has 1 N–H and O–H groups in total. The molecular formula is C8H5ClFNO4. The van der Waals surface area contributed by atoms with Crippen LogP contribution in [0.25, 0.3) is 0 Å². The van der Waals surface area contributed by atoms with E-state index in [4.69, 9.17) is 16.7 Å². The summed E-state index contributed by atoms with van der Waals surface area (Å²) in [5, 5.41) is 19.4. The predicted molar refractivity (Wildman–Crippen MR) is 49.8 cm³/mol. The van der Waals surface area contributed by atoms with E-state index < -0.39 is 39.4 Å². The molecule has 0 fully saturated rings. The number of aromatic hydroxyl groups is 1. The molecule has 0 amide bonds. The number of nitrogens with zero attached hydrogens (tertiary/aromatic N) is 1. The van der Waals surface area contributed by atoms with Crippen LogP contribution >= 0.6 is 11.6 Å². The van der Waals surface area contributed by atoms with Crippen molar-refractivity contribution in [2.24, 2.45) is 0 Å². The molecule has 0 spiro atoms. The van der Waals surface area contributed by atoms with Gasteiger partial charge in [-0.1, -0.05) is 0 Å². The fourth-order valence-electron chi connectivity index (χ4n) is 1.02. The predicted octanol–water partition coefficient (Wildman–Crippen LogP) is 1.86. The smallest absolute Gasteiger partial charge is 0.346 e. The number of hydrogen-bond donors (Lipinski definition) is 1. The van der Waals surface area contributed by atoms with E-state index in [1.807, 2.05) is 0 Å². The number of halogens is 2. The Kier molecular flexibility index (Phi) is 3.21. The summed E-state index contributed by atoms with van der Waals surface area (Å²) in [5.74, 6) is -3.47. The molecule has 0 aliphatic carbocycles. The van der Waals surface area contributed by atoms with Crippen LogP contribution in [0.1, 0.15) is 10.4 Å². The van der Waals surface area contributed by atoms with E-state index in [-0.39, 0.29) is 0 Å². The molecular weight excluding hydrogens is 229 g/mol. The number of rotatable bonds is 3. The molecule has 0 aliphatic heterocycles. The average Bonchev–Trinajstić information content (AvgIpc) is 2.16. The van der Waals surface area contributed by atoms with E-state index in [1.54, 1.807) is 0 Å². The number of benzene rings is 1. The zero-order valence-corrected chi connectivity index (χ0v) is 7.99. The van der Waals surface area contributed by atoms with Crippen molar-refractivity contribution in [1.29, 1.82) is 0 Å². The number of carbonyl (C=O) groups is 1. The second-order valence-electron chi connectivity index (χ2n) is 2.61. The Morgan fingerprint density at radius 1 is 1.60 bits per heavy atom. The second-order valence-corrected chi connectivity index (χ2v) is 2.88. The van der Waals surface area contributed by atoms with E-state index in [9.17, 15) is 19.3 Å². The summed E-state index contributed by atoms with van der Waals surface area (Å²) in [7, 11) is 0. The van der Waals surface area contributed by atoms with Crippen molar-refractivity contribution in [1.82, 2.24) is 0 Å². The van der Waals surface area contributed by atoms with E-state index in [1.165, 1.54) is 0 Å². The van der Waals surface area contributed by atoms with Crippen LogP contribution < -0.4 is 0 Å². The van der Waals surface area contributed by atoms with Crippen molar-refractivity contribution in [2.75, 3.05) is 5.88 Å². The molecule has 0 radical (unpaired) electrons. The van der Waals surface area contributed by atoms with Crippen molar-refractivity contribution in [2.45, 2.75) is 0 Å². The molecule has 0 heterocycles. The minimum atomic E-state index is -1.37. The van der Waals surface area contributed by atoms with Crippen LogP contribution in [0.4, 0.5) is 10.1 Å². The number of nitro benzene ring substituents is 1. The van der Waals surface area contributed by atoms with Gasteiger partial charge in [0.15, 0.2) is 11.5 Å². The molecule has 0 aromatic heterocycles. The molecule has 0 saturated carbocycles. The highest BCUT2D eigenvalue weighted by Gasteiger charge is 2.25. The first-order chi connectivity index (χ1) is 6.99. The van der Waals surface area contributed by atoms with Crippen LogP contribution in [0, 0.1) is 15.9 Å². The summed E-state index contributed by atoms with van der Waals surface area (Å²) >= 11 is 5.18. The molecule has 0 atom stereocenters. The number of hydrogen-bond acceptors (Lipinski definition) is 4. The standard InChI is InChI=1S/C8H5ClFNO4/c9-3-6(13)4-1-2-5(12)8(7(4)10)11(14)15/h1-2,12H,3H2. The molecule has 15 heavy (non-hydrogen) atoms. The van der Waals surface area contributed by atoms with Gasteiger partial charge in [0.2, 0.25) is 5.82 Å². The summed E-state index contributed by atoms with van der Waals surface area (Å²) in [6.45, 7) is 0. The highest BCUT2D eigenvalue weighted by Crippen LogP contribution is 2.30. The number of carbonyl (C=O) groups excluding carboxylic acids is 1. The third-order valence-corrected chi connectivity index (χ3v) is 1.94. The van der Waals surface area contributed by atoms with Gasteiger partial charge in [-0.25, -0.2) is 0 Å². The van der Waals surface area contributed by atoms with Crippen LogP contribution in [0.5, 0.6) is 5.75 Å². The lowest BCUT2D eigenvalue weighted by atomic mass is 10.1. The normalized spacial score (nSPS) is 10.0. The molecule has 1 aromatic carbocycles. The molecule has 1 aromatic rings. The van der Waals surface area contributed by atoms with Crippen LogP contribution in [0.3, 0.4) is 0 Å². The Morgan fingerprint density at radius 3 is 2.67 bits per heavy atom. The summed E-state index contributed by atoms with van der Waals surface area (Å²) < 4.78 is 13.3. The molecule has 5 nitrogen and oxygen atoms in total. The van der Waals surface area contributed by atoms with Gasteiger partial charge < -0.3 is 5.11 Å². The van der Waals surface area contributed by atoms with Crippen LogP contribution in [-0.2, 0) is 0 Å². The molecule has 0 aliphatic rings. The Balaban J connectivity index is 3.41. The maximum Gasteiger partial charge on any atom is 0.346 e. The lowest BCUT2D eigenvalue weighted by molar-refractivity contribution is -0.388. The number of ketones is 1. The zero-order chi connectivity index (χ0) is 11.6. The summed E-state index contributed by atoms with van der Waals surface area (Å²) in [5.41, 5.74) is -1.62. The molecule has 0 saturated heterocycles. The minimum Gasteiger partial charge on any atom is -0.502 e. The monoisotopic (exact) mass is 233 g/mol. The van der Waals surface area contributed by atoms with Crippen LogP contribution in [0.15, 0.2) is 12.1 Å². The first kappa shape index (κ1) is 11.4.